The van der Waals surface area contributed by atoms with Crippen LogP contribution in [0.1, 0.15) is 5.56 Å². The highest BCUT2D eigenvalue weighted by atomic mass is 15.0. The van der Waals surface area contributed by atoms with Crippen molar-refractivity contribution in [3.63, 3.8) is 0 Å². The average Bonchev–Trinajstić information content (AvgIpc) is 2.42. The topological polar surface area (TPSA) is 63.8 Å². The number of fused-ring (bicyclic) bond motifs is 1. The summed E-state index contributed by atoms with van der Waals surface area (Å²) >= 11 is 0. The van der Waals surface area contributed by atoms with Crippen molar-refractivity contribution in [1.29, 1.82) is 0 Å². The van der Waals surface area contributed by atoms with Gasteiger partial charge in [-0.1, -0.05) is 17.7 Å². The molecule has 4 heteroatoms. The van der Waals surface area contributed by atoms with Gasteiger partial charge in [-0.15, -0.1) is 0 Å². The maximum absolute atomic E-state index is 5.82. The van der Waals surface area contributed by atoms with Crippen LogP contribution in [0.2, 0.25) is 0 Å². The quantitative estimate of drug-likeness (QED) is 0.685. The first-order valence-electron chi connectivity index (χ1n) is 6.06. The van der Waals surface area contributed by atoms with Crippen LogP contribution in [-0.2, 0) is 0 Å². The van der Waals surface area contributed by atoms with E-state index in [2.05, 4.69) is 34.3 Å². The Morgan fingerprint density at radius 2 is 1.79 bits per heavy atom. The highest BCUT2D eigenvalue weighted by molar-refractivity contribution is 5.92. The second-order valence-corrected chi connectivity index (χ2v) is 4.49. The van der Waals surface area contributed by atoms with E-state index in [0.717, 1.165) is 22.4 Å². The number of nitrogens with zero attached hydrogens (tertiary/aromatic N) is 2. The number of nitrogens with two attached hydrogens (primary N) is 1. The molecule has 0 aliphatic heterocycles. The minimum Gasteiger partial charge on any atom is -0.399 e. The van der Waals surface area contributed by atoms with E-state index < -0.39 is 0 Å². The molecule has 4 nitrogen and oxygen atoms in total. The summed E-state index contributed by atoms with van der Waals surface area (Å²) in [5.41, 5.74) is 9.62. The van der Waals surface area contributed by atoms with Crippen LogP contribution in [0.4, 0.5) is 17.2 Å². The van der Waals surface area contributed by atoms with Gasteiger partial charge in [-0.2, -0.15) is 0 Å². The summed E-state index contributed by atoms with van der Waals surface area (Å²) in [5, 5.41) is 4.21. The molecule has 0 amide bonds. The van der Waals surface area contributed by atoms with E-state index in [-0.39, 0.29) is 0 Å². The predicted molar refractivity (Wildman–Crippen MR) is 78.4 cm³/mol. The fourth-order valence-electron chi connectivity index (χ4n) is 1.95. The fraction of sp³-hybridized carbons (Fsp3) is 0.0667. The van der Waals surface area contributed by atoms with Gasteiger partial charge in [-0.3, -0.25) is 0 Å². The minimum absolute atomic E-state index is 0.703. The third kappa shape index (κ3) is 2.33. The SMILES string of the molecule is Cc1ccc(Nc2ncnc3ccc(N)cc23)cc1. The molecule has 0 aliphatic carbocycles. The zero-order chi connectivity index (χ0) is 13.2. The summed E-state index contributed by atoms with van der Waals surface area (Å²) < 4.78 is 0. The van der Waals surface area contributed by atoms with E-state index >= 15 is 0 Å². The van der Waals surface area contributed by atoms with E-state index in [1.165, 1.54) is 5.56 Å². The summed E-state index contributed by atoms with van der Waals surface area (Å²) in [6.07, 6.45) is 1.55. The molecule has 0 radical (unpaired) electrons. The molecule has 0 spiro atoms. The van der Waals surface area contributed by atoms with Crippen LogP contribution in [-0.4, -0.2) is 9.97 Å². The van der Waals surface area contributed by atoms with E-state index in [4.69, 9.17) is 5.73 Å². The van der Waals surface area contributed by atoms with Crippen LogP contribution < -0.4 is 11.1 Å². The van der Waals surface area contributed by atoms with Crippen molar-refractivity contribution in [1.82, 2.24) is 9.97 Å². The monoisotopic (exact) mass is 250 g/mol. The molecule has 3 aromatic rings. The van der Waals surface area contributed by atoms with Crippen molar-refractivity contribution in [3.05, 3.63) is 54.4 Å². The third-order valence-electron chi connectivity index (χ3n) is 2.97. The lowest BCUT2D eigenvalue weighted by Gasteiger charge is -2.09. The third-order valence-corrected chi connectivity index (χ3v) is 2.97. The van der Waals surface area contributed by atoms with Gasteiger partial charge < -0.3 is 11.1 Å². The summed E-state index contributed by atoms with van der Waals surface area (Å²) in [6, 6.07) is 13.8. The van der Waals surface area contributed by atoms with E-state index in [9.17, 15) is 0 Å². The number of rotatable bonds is 2. The van der Waals surface area contributed by atoms with Gasteiger partial charge in [0.25, 0.3) is 0 Å². The Morgan fingerprint density at radius 3 is 2.58 bits per heavy atom. The number of hydrogen-bond acceptors (Lipinski definition) is 4. The predicted octanol–water partition coefficient (Wildman–Crippen LogP) is 3.26. The van der Waals surface area contributed by atoms with Gasteiger partial charge in [-0.05, 0) is 37.3 Å². The highest BCUT2D eigenvalue weighted by Gasteiger charge is 2.04. The Kier molecular flexibility index (Phi) is 2.76. The summed E-state index contributed by atoms with van der Waals surface area (Å²) in [4.78, 5) is 8.52. The van der Waals surface area contributed by atoms with Gasteiger partial charge in [-0.25, -0.2) is 9.97 Å². The zero-order valence-electron chi connectivity index (χ0n) is 10.6. The lowest BCUT2D eigenvalue weighted by molar-refractivity contribution is 1.22. The van der Waals surface area contributed by atoms with Crippen molar-refractivity contribution in [2.45, 2.75) is 6.92 Å². The average molecular weight is 250 g/mol. The standard InChI is InChI=1S/C15H14N4/c1-10-2-5-12(6-3-10)19-15-13-8-11(16)4-7-14(13)17-9-18-15/h2-9H,16H2,1H3,(H,17,18,19). The molecule has 3 N–H and O–H groups in total. The molecular formula is C15H14N4. The minimum atomic E-state index is 0.703. The molecule has 0 atom stereocenters. The number of aromatic nitrogens is 2. The van der Waals surface area contributed by atoms with Crippen LogP contribution in [0.25, 0.3) is 10.9 Å². The van der Waals surface area contributed by atoms with Crippen LogP contribution in [0.15, 0.2) is 48.8 Å². The van der Waals surface area contributed by atoms with E-state index in [1.54, 1.807) is 6.33 Å². The molecule has 0 aliphatic rings. The largest absolute Gasteiger partial charge is 0.399 e. The van der Waals surface area contributed by atoms with Crippen LogP contribution >= 0.6 is 0 Å². The van der Waals surface area contributed by atoms with Gasteiger partial charge in [0.05, 0.1) is 5.52 Å². The molecule has 94 valence electrons. The van der Waals surface area contributed by atoms with Crippen molar-refractivity contribution >= 4 is 28.1 Å². The molecule has 1 heterocycles. The van der Waals surface area contributed by atoms with E-state index in [0.29, 0.717) is 5.69 Å². The van der Waals surface area contributed by atoms with Crippen molar-refractivity contribution < 1.29 is 0 Å². The summed E-state index contributed by atoms with van der Waals surface area (Å²) in [6.45, 7) is 2.06. The van der Waals surface area contributed by atoms with Gasteiger partial charge in [0, 0.05) is 16.8 Å². The van der Waals surface area contributed by atoms with Gasteiger partial charge in [0.1, 0.15) is 12.1 Å². The maximum Gasteiger partial charge on any atom is 0.141 e. The number of hydrogen-bond donors (Lipinski definition) is 2. The Hall–Kier alpha value is -2.62. The first kappa shape index (κ1) is 11.5. The first-order chi connectivity index (χ1) is 9.22. The Bertz CT molecular complexity index is 720. The molecule has 0 unspecified atom stereocenters. The van der Waals surface area contributed by atoms with Crippen LogP contribution in [0.5, 0.6) is 0 Å². The van der Waals surface area contributed by atoms with Crippen molar-refractivity contribution in [2.75, 3.05) is 11.1 Å². The molecular weight excluding hydrogens is 236 g/mol. The number of benzene rings is 2. The molecule has 0 saturated heterocycles. The molecule has 19 heavy (non-hydrogen) atoms. The summed E-state index contributed by atoms with van der Waals surface area (Å²) in [7, 11) is 0. The molecule has 0 fully saturated rings. The normalized spacial score (nSPS) is 10.6. The van der Waals surface area contributed by atoms with Crippen LogP contribution in [0.3, 0.4) is 0 Å². The van der Waals surface area contributed by atoms with Crippen LogP contribution in [0, 0.1) is 6.92 Å². The van der Waals surface area contributed by atoms with Gasteiger partial charge in [0.2, 0.25) is 0 Å². The number of anilines is 3. The molecule has 2 aromatic carbocycles. The second-order valence-electron chi connectivity index (χ2n) is 4.49. The zero-order valence-corrected chi connectivity index (χ0v) is 10.6. The van der Waals surface area contributed by atoms with Gasteiger partial charge in [0.15, 0.2) is 0 Å². The molecule has 0 bridgehead atoms. The number of aryl methyl sites for hydroxylation is 1. The number of nitrogens with one attached hydrogen (secondary N) is 1. The van der Waals surface area contributed by atoms with E-state index in [1.807, 2.05) is 30.3 Å². The fourth-order valence-corrected chi connectivity index (χ4v) is 1.95. The molecule has 3 rings (SSSR count). The second kappa shape index (κ2) is 4.57. The highest BCUT2D eigenvalue weighted by Crippen LogP contribution is 2.24. The Labute approximate surface area is 111 Å². The lowest BCUT2D eigenvalue weighted by Crippen LogP contribution is -1.96. The number of nitrogen functional groups attached to an aromatic ring is 1. The first-order valence-corrected chi connectivity index (χ1v) is 6.06. The van der Waals surface area contributed by atoms with Gasteiger partial charge >= 0.3 is 0 Å². The summed E-state index contributed by atoms with van der Waals surface area (Å²) in [5.74, 6) is 0.765. The Balaban J connectivity index is 2.05. The van der Waals surface area contributed by atoms with Crippen molar-refractivity contribution in [3.8, 4) is 0 Å². The Morgan fingerprint density at radius 1 is 1.00 bits per heavy atom. The molecule has 0 saturated carbocycles. The maximum atomic E-state index is 5.82. The lowest BCUT2D eigenvalue weighted by atomic mass is 10.2. The van der Waals surface area contributed by atoms with Crippen molar-refractivity contribution in [2.24, 2.45) is 0 Å². The molecule has 1 aromatic heterocycles. The smallest absolute Gasteiger partial charge is 0.141 e.